The molecule has 0 aromatic carbocycles. The molecular weight excluding hydrogens is 206 g/mol. The average molecular weight is 227 g/mol. The van der Waals surface area contributed by atoms with E-state index >= 15 is 0 Å². The number of carbonyl (C=O) groups excluding carboxylic acids is 2. The number of rotatable bonds is 4. The Morgan fingerprint density at radius 1 is 1.31 bits per heavy atom. The van der Waals surface area contributed by atoms with Crippen LogP contribution in [0.25, 0.3) is 0 Å². The monoisotopic (exact) mass is 227 g/mol. The van der Waals surface area contributed by atoms with E-state index in [2.05, 4.69) is 22.9 Å². The van der Waals surface area contributed by atoms with Gasteiger partial charge in [-0.15, -0.1) is 0 Å². The highest BCUT2D eigenvalue weighted by atomic mass is 16.2. The molecule has 0 radical (unpaired) electrons. The van der Waals surface area contributed by atoms with Crippen molar-refractivity contribution in [3.63, 3.8) is 0 Å². The molecule has 0 spiro atoms. The topological polar surface area (TPSA) is 70.2 Å². The first-order valence-electron chi connectivity index (χ1n) is 5.94. The third kappa shape index (κ3) is 4.18. The van der Waals surface area contributed by atoms with Gasteiger partial charge in [0.15, 0.2) is 0 Å². The predicted octanol–water partition coefficient (Wildman–Crippen LogP) is -0.231. The van der Waals surface area contributed by atoms with Crippen LogP contribution in [-0.2, 0) is 9.59 Å². The minimum Gasteiger partial charge on any atom is -0.355 e. The molecule has 5 heteroatoms. The van der Waals surface area contributed by atoms with Gasteiger partial charge in [0, 0.05) is 12.6 Å². The van der Waals surface area contributed by atoms with Crippen LogP contribution < -0.4 is 16.0 Å². The Kier molecular flexibility index (Phi) is 5.25. The zero-order valence-electron chi connectivity index (χ0n) is 10.0. The Balaban J connectivity index is 2.26. The number of hydrogen-bond donors (Lipinski definition) is 3. The van der Waals surface area contributed by atoms with Crippen molar-refractivity contribution in [1.29, 1.82) is 0 Å². The molecule has 3 N–H and O–H groups in total. The maximum atomic E-state index is 11.7. The van der Waals surface area contributed by atoms with Gasteiger partial charge < -0.3 is 16.0 Å². The molecule has 1 aliphatic heterocycles. The highest BCUT2D eigenvalue weighted by Gasteiger charge is 2.23. The lowest BCUT2D eigenvalue weighted by molar-refractivity contribution is -0.127. The largest absolute Gasteiger partial charge is 0.355 e. The molecule has 2 atom stereocenters. The van der Waals surface area contributed by atoms with E-state index < -0.39 is 0 Å². The lowest BCUT2D eigenvalue weighted by Crippen LogP contribution is -2.51. The Labute approximate surface area is 96.4 Å². The highest BCUT2D eigenvalue weighted by molar-refractivity contribution is 5.87. The van der Waals surface area contributed by atoms with Crippen LogP contribution >= 0.6 is 0 Å². The second kappa shape index (κ2) is 6.48. The predicted molar refractivity (Wildman–Crippen MR) is 61.9 cm³/mol. The molecule has 1 fully saturated rings. The van der Waals surface area contributed by atoms with Crippen LogP contribution in [0.2, 0.25) is 0 Å². The van der Waals surface area contributed by atoms with E-state index in [0.717, 1.165) is 19.3 Å². The van der Waals surface area contributed by atoms with E-state index in [-0.39, 0.29) is 24.4 Å². The first-order chi connectivity index (χ1) is 7.63. The van der Waals surface area contributed by atoms with Crippen molar-refractivity contribution in [2.45, 2.75) is 45.2 Å². The van der Waals surface area contributed by atoms with Gasteiger partial charge in [0.05, 0.1) is 12.6 Å². The fourth-order valence-corrected chi connectivity index (χ4v) is 1.90. The molecule has 5 nitrogen and oxygen atoms in total. The average Bonchev–Trinajstić information content (AvgIpc) is 2.26. The Bertz CT molecular complexity index is 256. The van der Waals surface area contributed by atoms with Gasteiger partial charge in [-0.05, 0) is 33.1 Å². The first kappa shape index (κ1) is 13.0. The molecule has 16 heavy (non-hydrogen) atoms. The Morgan fingerprint density at radius 2 is 2.06 bits per heavy atom. The molecule has 1 saturated heterocycles. The summed E-state index contributed by atoms with van der Waals surface area (Å²) in [7, 11) is 0. The fourth-order valence-electron chi connectivity index (χ4n) is 1.90. The maximum Gasteiger partial charge on any atom is 0.239 e. The van der Waals surface area contributed by atoms with Crippen LogP contribution in [0.3, 0.4) is 0 Å². The zero-order valence-corrected chi connectivity index (χ0v) is 10.0. The lowest BCUT2D eigenvalue weighted by atomic mass is 9.99. The van der Waals surface area contributed by atoms with Crippen molar-refractivity contribution < 1.29 is 9.59 Å². The minimum atomic E-state index is -0.141. The van der Waals surface area contributed by atoms with Crippen molar-refractivity contribution in [3.8, 4) is 0 Å². The standard InChI is InChI=1S/C11H21N3O2/c1-3-12-10(15)7-13-11(16)9-6-4-5-8(2)14-9/h8-9,14H,3-7H2,1-2H3,(H,12,15)(H,13,16). The molecule has 2 unspecified atom stereocenters. The molecule has 92 valence electrons. The quantitative estimate of drug-likeness (QED) is 0.621. The van der Waals surface area contributed by atoms with Gasteiger partial charge in [-0.1, -0.05) is 0 Å². The third-order valence-electron chi connectivity index (χ3n) is 2.73. The number of nitrogens with one attached hydrogen (secondary N) is 3. The molecular formula is C11H21N3O2. The fraction of sp³-hybridized carbons (Fsp3) is 0.818. The lowest BCUT2D eigenvalue weighted by Gasteiger charge is -2.27. The normalized spacial score (nSPS) is 24.9. The smallest absolute Gasteiger partial charge is 0.239 e. The molecule has 2 amide bonds. The van der Waals surface area contributed by atoms with Crippen molar-refractivity contribution >= 4 is 11.8 Å². The third-order valence-corrected chi connectivity index (χ3v) is 2.73. The van der Waals surface area contributed by atoms with Crippen molar-refractivity contribution in [2.24, 2.45) is 0 Å². The molecule has 0 aromatic rings. The summed E-state index contributed by atoms with van der Waals surface area (Å²) in [6.07, 6.45) is 3.03. The minimum absolute atomic E-state index is 0.0687. The van der Waals surface area contributed by atoms with Gasteiger partial charge in [0.25, 0.3) is 0 Å². The van der Waals surface area contributed by atoms with E-state index in [4.69, 9.17) is 0 Å². The first-order valence-corrected chi connectivity index (χ1v) is 5.94. The van der Waals surface area contributed by atoms with E-state index in [1.807, 2.05) is 6.92 Å². The van der Waals surface area contributed by atoms with Crippen molar-refractivity contribution in [1.82, 2.24) is 16.0 Å². The SMILES string of the molecule is CCNC(=O)CNC(=O)C1CCCC(C)N1. The van der Waals surface area contributed by atoms with E-state index in [1.165, 1.54) is 0 Å². The van der Waals surface area contributed by atoms with Crippen LogP contribution in [0.5, 0.6) is 0 Å². The van der Waals surface area contributed by atoms with E-state index in [0.29, 0.717) is 12.6 Å². The van der Waals surface area contributed by atoms with Crippen LogP contribution in [0.15, 0.2) is 0 Å². The molecule has 1 aliphatic rings. The van der Waals surface area contributed by atoms with Gasteiger partial charge in [-0.3, -0.25) is 9.59 Å². The summed E-state index contributed by atoms with van der Waals surface area (Å²) in [5.74, 6) is -0.211. The van der Waals surface area contributed by atoms with Gasteiger partial charge in [0.2, 0.25) is 11.8 Å². The Hall–Kier alpha value is -1.10. The summed E-state index contributed by atoms with van der Waals surface area (Å²) in [4.78, 5) is 22.8. The summed E-state index contributed by atoms with van der Waals surface area (Å²) in [6, 6.07) is 0.243. The molecule has 0 bridgehead atoms. The van der Waals surface area contributed by atoms with Crippen LogP contribution in [0.4, 0.5) is 0 Å². The summed E-state index contributed by atoms with van der Waals surface area (Å²) >= 11 is 0. The number of hydrogen-bond acceptors (Lipinski definition) is 3. The summed E-state index contributed by atoms with van der Waals surface area (Å²) < 4.78 is 0. The van der Waals surface area contributed by atoms with Crippen LogP contribution in [0.1, 0.15) is 33.1 Å². The Morgan fingerprint density at radius 3 is 2.69 bits per heavy atom. The van der Waals surface area contributed by atoms with Gasteiger partial charge >= 0.3 is 0 Å². The van der Waals surface area contributed by atoms with E-state index in [9.17, 15) is 9.59 Å². The maximum absolute atomic E-state index is 11.7. The highest BCUT2D eigenvalue weighted by Crippen LogP contribution is 2.11. The van der Waals surface area contributed by atoms with Crippen molar-refractivity contribution in [2.75, 3.05) is 13.1 Å². The number of carbonyl (C=O) groups is 2. The van der Waals surface area contributed by atoms with Crippen molar-refractivity contribution in [3.05, 3.63) is 0 Å². The molecule has 0 aliphatic carbocycles. The number of amides is 2. The van der Waals surface area contributed by atoms with Gasteiger partial charge in [-0.25, -0.2) is 0 Å². The van der Waals surface area contributed by atoms with Gasteiger partial charge in [0.1, 0.15) is 0 Å². The molecule has 0 aromatic heterocycles. The van der Waals surface area contributed by atoms with Crippen LogP contribution in [0, 0.1) is 0 Å². The summed E-state index contributed by atoms with van der Waals surface area (Å²) in [5, 5.41) is 8.51. The zero-order chi connectivity index (χ0) is 12.0. The molecule has 1 rings (SSSR count). The van der Waals surface area contributed by atoms with Gasteiger partial charge in [-0.2, -0.15) is 0 Å². The van der Waals surface area contributed by atoms with E-state index in [1.54, 1.807) is 0 Å². The molecule has 1 heterocycles. The number of likely N-dealkylation sites (N-methyl/N-ethyl adjacent to an activating group) is 1. The second-order valence-electron chi connectivity index (χ2n) is 4.22. The second-order valence-corrected chi connectivity index (χ2v) is 4.22. The molecule has 0 saturated carbocycles. The van der Waals surface area contributed by atoms with Crippen LogP contribution in [-0.4, -0.2) is 37.0 Å². The number of piperidine rings is 1. The summed E-state index contributed by atoms with van der Waals surface area (Å²) in [6.45, 7) is 4.58. The summed E-state index contributed by atoms with van der Waals surface area (Å²) in [5.41, 5.74) is 0.